The van der Waals surface area contributed by atoms with Gasteiger partial charge in [-0.15, -0.1) is 0 Å². The van der Waals surface area contributed by atoms with Gasteiger partial charge in [0.25, 0.3) is 5.91 Å². The van der Waals surface area contributed by atoms with Crippen molar-refractivity contribution in [1.29, 1.82) is 0 Å². The van der Waals surface area contributed by atoms with Gasteiger partial charge in [0.15, 0.2) is 0 Å². The topological polar surface area (TPSA) is 86.4 Å². The van der Waals surface area contributed by atoms with Gasteiger partial charge in [-0.3, -0.25) is 9.78 Å². The van der Waals surface area contributed by atoms with E-state index in [1.165, 1.54) is 31.4 Å². The zero-order valence-corrected chi connectivity index (χ0v) is 21.3. The number of benzene rings is 2. The van der Waals surface area contributed by atoms with Crippen LogP contribution in [0.4, 0.5) is 14.9 Å². The number of pyridine rings is 1. The summed E-state index contributed by atoms with van der Waals surface area (Å²) in [6, 6.07) is 14.3. The quantitative estimate of drug-likeness (QED) is 0.394. The summed E-state index contributed by atoms with van der Waals surface area (Å²) in [4.78, 5) is 31.9. The molecule has 0 saturated carbocycles. The number of piperidine rings is 1. The monoisotopic (exact) mass is 513 g/mol. The Balaban J connectivity index is 1.42. The molecule has 0 aliphatic carbocycles. The van der Waals surface area contributed by atoms with E-state index in [0.717, 1.165) is 25.2 Å². The first-order valence-corrected chi connectivity index (χ1v) is 12.9. The van der Waals surface area contributed by atoms with Crippen molar-refractivity contribution in [2.24, 2.45) is 0 Å². The minimum Gasteiger partial charge on any atom is -0.351 e. The number of amides is 3. The summed E-state index contributed by atoms with van der Waals surface area (Å²) in [5, 5.41) is 8.62. The first kappa shape index (κ1) is 26.8. The molecule has 38 heavy (non-hydrogen) atoms. The number of urea groups is 1. The number of likely N-dealkylation sites (tertiary alicyclic amines) is 1. The van der Waals surface area contributed by atoms with Gasteiger partial charge in [-0.05, 0) is 86.4 Å². The van der Waals surface area contributed by atoms with Crippen molar-refractivity contribution in [1.82, 2.24) is 20.5 Å². The Bertz CT molecular complexity index is 1280. The molecule has 0 unspecified atom stereocenters. The highest BCUT2D eigenvalue weighted by Crippen LogP contribution is 2.16. The molecule has 196 valence electrons. The number of anilines is 1. The van der Waals surface area contributed by atoms with E-state index in [-0.39, 0.29) is 17.8 Å². The van der Waals surface area contributed by atoms with Crippen LogP contribution in [-0.4, -0.2) is 54.5 Å². The van der Waals surface area contributed by atoms with Crippen LogP contribution in [0, 0.1) is 17.7 Å². The van der Waals surface area contributed by atoms with Gasteiger partial charge >= 0.3 is 6.03 Å². The average Bonchev–Trinajstić information content (AvgIpc) is 2.94. The molecule has 3 amide bonds. The summed E-state index contributed by atoms with van der Waals surface area (Å²) in [5.74, 6) is 5.44. The lowest BCUT2D eigenvalue weighted by Gasteiger charge is -2.26. The summed E-state index contributed by atoms with van der Waals surface area (Å²) >= 11 is 0. The van der Waals surface area contributed by atoms with E-state index in [2.05, 4.69) is 37.7 Å². The fourth-order valence-corrected chi connectivity index (χ4v) is 4.24. The highest BCUT2D eigenvalue weighted by atomic mass is 19.1. The first-order valence-electron chi connectivity index (χ1n) is 12.9. The molecular weight excluding hydrogens is 481 g/mol. The van der Waals surface area contributed by atoms with Crippen molar-refractivity contribution in [3.8, 4) is 11.8 Å². The highest BCUT2D eigenvalue weighted by Gasteiger charge is 2.14. The Hall–Kier alpha value is -4.22. The molecule has 8 heteroatoms. The highest BCUT2D eigenvalue weighted by molar-refractivity contribution is 5.98. The van der Waals surface area contributed by atoms with Crippen molar-refractivity contribution < 1.29 is 14.0 Å². The van der Waals surface area contributed by atoms with E-state index in [0.29, 0.717) is 41.9 Å². The number of halogens is 1. The number of nitrogens with one attached hydrogen (secondary N) is 3. The van der Waals surface area contributed by atoms with Gasteiger partial charge in [0.05, 0.1) is 5.56 Å². The number of carbonyl (C=O) groups is 2. The largest absolute Gasteiger partial charge is 0.351 e. The van der Waals surface area contributed by atoms with Crippen molar-refractivity contribution >= 4 is 17.6 Å². The Morgan fingerprint density at radius 1 is 0.947 bits per heavy atom. The molecule has 0 spiro atoms. The lowest BCUT2D eigenvalue weighted by Crippen LogP contribution is -2.37. The summed E-state index contributed by atoms with van der Waals surface area (Å²) < 4.78 is 13.3. The van der Waals surface area contributed by atoms with Crippen LogP contribution >= 0.6 is 0 Å². The van der Waals surface area contributed by atoms with E-state index < -0.39 is 0 Å². The molecule has 2 aromatic carbocycles. The van der Waals surface area contributed by atoms with Crippen LogP contribution < -0.4 is 16.0 Å². The molecule has 1 aliphatic rings. The minimum absolute atomic E-state index is 0.224. The molecule has 0 atom stereocenters. The number of hydrogen-bond acceptors (Lipinski definition) is 4. The molecule has 1 saturated heterocycles. The lowest BCUT2D eigenvalue weighted by molar-refractivity contribution is 0.0946. The fraction of sp³-hybridized carbons (Fsp3) is 0.300. The van der Waals surface area contributed by atoms with Crippen LogP contribution in [0.1, 0.15) is 46.3 Å². The second-order valence-corrected chi connectivity index (χ2v) is 9.17. The standard InChI is InChI=1S/C30H32FN5O2/c31-26-10-7-23(8-11-26)6-9-25-21-27(35-30(38)34-16-14-24-5-4-15-32-22-24)12-13-28(25)29(37)33-17-20-36-18-2-1-3-19-36/h4-5,7-8,10-13,15,21-22H,1-3,14,16-20H2,(H,33,37)(H2,34,35,38). The molecule has 3 aromatic rings. The van der Waals surface area contributed by atoms with E-state index in [9.17, 15) is 14.0 Å². The van der Waals surface area contributed by atoms with E-state index in [1.54, 1.807) is 42.7 Å². The third kappa shape index (κ3) is 8.43. The summed E-state index contributed by atoms with van der Waals surface area (Å²) in [5.41, 5.74) is 3.05. The van der Waals surface area contributed by atoms with Gasteiger partial charge in [0, 0.05) is 48.8 Å². The molecule has 3 N–H and O–H groups in total. The van der Waals surface area contributed by atoms with Crippen LogP contribution in [0.15, 0.2) is 67.0 Å². The van der Waals surface area contributed by atoms with Crippen LogP contribution in [0.25, 0.3) is 0 Å². The summed E-state index contributed by atoms with van der Waals surface area (Å²) in [6.45, 7) is 3.93. The molecule has 4 rings (SSSR count). The number of rotatable bonds is 8. The summed E-state index contributed by atoms with van der Waals surface area (Å²) in [6.07, 6.45) is 7.79. The zero-order chi connectivity index (χ0) is 26.6. The lowest BCUT2D eigenvalue weighted by atomic mass is 10.0. The van der Waals surface area contributed by atoms with Gasteiger partial charge < -0.3 is 20.9 Å². The molecule has 0 radical (unpaired) electrons. The Kier molecular flexibility index (Phi) is 9.82. The maximum absolute atomic E-state index is 13.3. The van der Waals surface area contributed by atoms with Gasteiger partial charge in [-0.1, -0.05) is 24.3 Å². The van der Waals surface area contributed by atoms with Crippen LogP contribution in [0.5, 0.6) is 0 Å². The van der Waals surface area contributed by atoms with Crippen LogP contribution in [-0.2, 0) is 6.42 Å². The first-order chi connectivity index (χ1) is 18.6. The van der Waals surface area contributed by atoms with E-state index in [4.69, 9.17) is 0 Å². The van der Waals surface area contributed by atoms with Gasteiger partial charge in [-0.25, -0.2) is 9.18 Å². The average molecular weight is 514 g/mol. The second kappa shape index (κ2) is 13.9. The number of carbonyl (C=O) groups excluding carboxylic acids is 2. The third-order valence-corrected chi connectivity index (χ3v) is 6.29. The number of aromatic nitrogens is 1. The molecule has 2 heterocycles. The van der Waals surface area contributed by atoms with Crippen molar-refractivity contribution in [3.63, 3.8) is 0 Å². The predicted octanol–water partition coefficient (Wildman–Crippen LogP) is 4.20. The molecule has 0 bridgehead atoms. The van der Waals surface area contributed by atoms with Crippen LogP contribution in [0.3, 0.4) is 0 Å². The van der Waals surface area contributed by atoms with Crippen molar-refractivity contribution in [2.75, 3.05) is 38.0 Å². The van der Waals surface area contributed by atoms with Gasteiger partial charge in [-0.2, -0.15) is 0 Å². The van der Waals surface area contributed by atoms with Crippen molar-refractivity contribution in [3.05, 3.63) is 95.1 Å². The normalized spacial score (nSPS) is 13.2. The molecule has 7 nitrogen and oxygen atoms in total. The number of hydrogen-bond donors (Lipinski definition) is 3. The maximum Gasteiger partial charge on any atom is 0.319 e. The smallest absolute Gasteiger partial charge is 0.319 e. The molecular formula is C30H32FN5O2. The fourth-order valence-electron chi connectivity index (χ4n) is 4.24. The molecule has 1 aliphatic heterocycles. The van der Waals surface area contributed by atoms with E-state index in [1.807, 2.05) is 12.1 Å². The second-order valence-electron chi connectivity index (χ2n) is 9.17. The number of nitrogens with zero attached hydrogens (tertiary/aromatic N) is 2. The predicted molar refractivity (Wildman–Crippen MR) is 146 cm³/mol. The molecule has 1 aromatic heterocycles. The summed E-state index contributed by atoms with van der Waals surface area (Å²) in [7, 11) is 0. The Labute approximate surface area is 222 Å². The SMILES string of the molecule is O=C(NCCc1cccnc1)Nc1ccc(C(=O)NCCN2CCCCC2)c(C#Cc2ccc(F)cc2)c1. The Morgan fingerprint density at radius 3 is 2.53 bits per heavy atom. The maximum atomic E-state index is 13.3. The van der Waals surface area contributed by atoms with Gasteiger partial charge in [0.2, 0.25) is 0 Å². The molecule has 1 fully saturated rings. The Morgan fingerprint density at radius 2 is 1.76 bits per heavy atom. The third-order valence-electron chi connectivity index (χ3n) is 6.29. The van der Waals surface area contributed by atoms with Crippen molar-refractivity contribution in [2.45, 2.75) is 25.7 Å². The van der Waals surface area contributed by atoms with E-state index >= 15 is 0 Å². The van der Waals surface area contributed by atoms with Gasteiger partial charge in [0.1, 0.15) is 5.82 Å². The van der Waals surface area contributed by atoms with Crippen LogP contribution in [0.2, 0.25) is 0 Å². The zero-order valence-electron chi connectivity index (χ0n) is 21.3. The minimum atomic E-state index is -0.356.